The molecule has 0 aliphatic carbocycles. The van der Waals surface area contributed by atoms with Gasteiger partial charge in [0.1, 0.15) is 0 Å². The first-order valence-corrected chi connectivity index (χ1v) is 4.32. The molecule has 0 radical (unpaired) electrons. The lowest BCUT2D eigenvalue weighted by Gasteiger charge is -2.10. The summed E-state index contributed by atoms with van der Waals surface area (Å²) in [5.74, 6) is -1.27. The Bertz CT molecular complexity index is 310. The molecule has 0 saturated heterocycles. The van der Waals surface area contributed by atoms with E-state index in [4.69, 9.17) is 5.11 Å². The first kappa shape index (κ1) is 9.71. The molecule has 13 heavy (non-hydrogen) atoms. The van der Waals surface area contributed by atoms with E-state index in [2.05, 4.69) is 4.98 Å². The average Bonchev–Trinajstić information content (AvgIpc) is 2.16. The molecule has 1 unspecified atom stereocenters. The predicted molar refractivity (Wildman–Crippen MR) is 49.7 cm³/mol. The van der Waals surface area contributed by atoms with Crippen molar-refractivity contribution >= 4 is 5.97 Å². The van der Waals surface area contributed by atoms with Gasteiger partial charge in [-0.25, -0.2) is 0 Å². The van der Waals surface area contributed by atoms with Crippen LogP contribution in [0.25, 0.3) is 0 Å². The summed E-state index contributed by atoms with van der Waals surface area (Å²) in [7, 11) is 0. The largest absolute Gasteiger partial charge is 0.481 e. The summed E-state index contributed by atoms with van der Waals surface area (Å²) in [6, 6.07) is 1.87. The average molecular weight is 179 g/mol. The minimum Gasteiger partial charge on any atom is -0.481 e. The second-order valence-corrected chi connectivity index (χ2v) is 2.99. The van der Waals surface area contributed by atoms with Crippen LogP contribution in [0.4, 0.5) is 0 Å². The number of aromatic nitrogens is 1. The van der Waals surface area contributed by atoms with Crippen molar-refractivity contribution in [3.63, 3.8) is 0 Å². The normalized spacial score (nSPS) is 12.5. The van der Waals surface area contributed by atoms with Gasteiger partial charge in [0.2, 0.25) is 0 Å². The van der Waals surface area contributed by atoms with Gasteiger partial charge in [0.15, 0.2) is 0 Å². The third kappa shape index (κ3) is 2.05. The van der Waals surface area contributed by atoms with E-state index in [0.29, 0.717) is 0 Å². The molecule has 1 aromatic heterocycles. The molecule has 70 valence electrons. The minimum atomic E-state index is -0.803. The summed E-state index contributed by atoms with van der Waals surface area (Å²) < 4.78 is 0. The second kappa shape index (κ2) is 4.03. The number of aliphatic carboxylic acids is 1. The predicted octanol–water partition coefficient (Wildman–Crippen LogP) is 1.83. The molecule has 0 fully saturated rings. The van der Waals surface area contributed by atoms with Crippen molar-refractivity contribution < 1.29 is 9.90 Å². The Morgan fingerprint density at radius 1 is 1.69 bits per heavy atom. The van der Waals surface area contributed by atoms with Gasteiger partial charge in [0.25, 0.3) is 0 Å². The fourth-order valence-electron chi connectivity index (χ4n) is 1.28. The molecular formula is C10H13NO2. The quantitative estimate of drug-likeness (QED) is 0.770. The number of rotatable bonds is 3. The molecule has 3 nitrogen and oxygen atoms in total. The third-order valence-corrected chi connectivity index (χ3v) is 2.16. The second-order valence-electron chi connectivity index (χ2n) is 2.99. The van der Waals surface area contributed by atoms with Crippen molar-refractivity contribution in [2.75, 3.05) is 0 Å². The summed E-state index contributed by atoms with van der Waals surface area (Å²) in [6.07, 6.45) is 4.17. The zero-order valence-corrected chi connectivity index (χ0v) is 7.82. The molecule has 0 amide bonds. The van der Waals surface area contributed by atoms with Gasteiger partial charge in [-0.1, -0.05) is 6.92 Å². The van der Waals surface area contributed by atoms with Crippen LogP contribution in [0.5, 0.6) is 0 Å². The number of carbonyl (C=O) groups is 1. The SMILES string of the molecule is CCc1ccncc1C(C)C(=O)O. The molecule has 0 aromatic carbocycles. The number of hydrogen-bond acceptors (Lipinski definition) is 2. The summed E-state index contributed by atoms with van der Waals surface area (Å²) >= 11 is 0. The number of carboxylic acid groups (broad SMARTS) is 1. The summed E-state index contributed by atoms with van der Waals surface area (Å²) in [5, 5.41) is 8.83. The maximum Gasteiger partial charge on any atom is 0.310 e. The van der Waals surface area contributed by atoms with Crippen LogP contribution in [-0.4, -0.2) is 16.1 Å². The van der Waals surface area contributed by atoms with E-state index in [9.17, 15) is 4.79 Å². The van der Waals surface area contributed by atoms with E-state index >= 15 is 0 Å². The monoisotopic (exact) mass is 179 g/mol. The Morgan fingerprint density at radius 3 is 2.92 bits per heavy atom. The molecule has 0 aliphatic rings. The lowest BCUT2D eigenvalue weighted by molar-refractivity contribution is -0.138. The Kier molecular flexibility index (Phi) is 3.01. The van der Waals surface area contributed by atoms with Crippen LogP contribution >= 0.6 is 0 Å². The van der Waals surface area contributed by atoms with Crippen molar-refractivity contribution in [3.05, 3.63) is 29.6 Å². The van der Waals surface area contributed by atoms with Crippen molar-refractivity contribution in [3.8, 4) is 0 Å². The van der Waals surface area contributed by atoms with Crippen LogP contribution in [0.15, 0.2) is 18.5 Å². The number of carboxylic acids is 1. The smallest absolute Gasteiger partial charge is 0.310 e. The first-order chi connectivity index (χ1) is 6.16. The lowest BCUT2D eigenvalue weighted by atomic mass is 9.97. The topological polar surface area (TPSA) is 50.2 Å². The highest BCUT2D eigenvalue weighted by Crippen LogP contribution is 2.19. The van der Waals surface area contributed by atoms with Crippen molar-refractivity contribution in [2.24, 2.45) is 0 Å². The van der Waals surface area contributed by atoms with Crippen LogP contribution in [0, 0.1) is 0 Å². The van der Waals surface area contributed by atoms with Crippen molar-refractivity contribution in [2.45, 2.75) is 26.2 Å². The van der Waals surface area contributed by atoms with E-state index in [1.54, 1.807) is 19.3 Å². The molecule has 0 bridgehead atoms. The van der Waals surface area contributed by atoms with E-state index in [1.165, 1.54) is 0 Å². The van der Waals surface area contributed by atoms with E-state index in [1.807, 2.05) is 13.0 Å². The van der Waals surface area contributed by atoms with Gasteiger partial charge in [-0.3, -0.25) is 9.78 Å². The zero-order chi connectivity index (χ0) is 9.84. The number of pyridine rings is 1. The highest BCUT2D eigenvalue weighted by molar-refractivity contribution is 5.75. The molecule has 1 heterocycles. The zero-order valence-electron chi connectivity index (χ0n) is 7.82. The standard InChI is InChI=1S/C10H13NO2/c1-3-8-4-5-11-6-9(8)7(2)10(12)13/h4-7H,3H2,1-2H3,(H,12,13). The molecule has 0 spiro atoms. The maximum atomic E-state index is 10.7. The van der Waals surface area contributed by atoms with Gasteiger partial charge in [-0.2, -0.15) is 0 Å². The van der Waals surface area contributed by atoms with Gasteiger partial charge in [0.05, 0.1) is 5.92 Å². The highest BCUT2D eigenvalue weighted by atomic mass is 16.4. The molecule has 1 rings (SSSR count). The fourth-order valence-corrected chi connectivity index (χ4v) is 1.28. The van der Waals surface area contributed by atoms with Gasteiger partial charge >= 0.3 is 5.97 Å². The molecule has 1 N–H and O–H groups in total. The summed E-state index contributed by atoms with van der Waals surface area (Å²) in [6.45, 7) is 3.69. The Hall–Kier alpha value is -1.38. The van der Waals surface area contributed by atoms with Crippen LogP contribution in [0.1, 0.15) is 30.9 Å². The molecule has 0 saturated carbocycles. The van der Waals surface area contributed by atoms with Gasteiger partial charge in [0, 0.05) is 12.4 Å². The molecule has 3 heteroatoms. The molecular weight excluding hydrogens is 166 g/mol. The fraction of sp³-hybridized carbons (Fsp3) is 0.400. The van der Waals surface area contributed by atoms with Crippen LogP contribution < -0.4 is 0 Å². The van der Waals surface area contributed by atoms with E-state index in [0.717, 1.165) is 17.5 Å². The number of aryl methyl sites for hydroxylation is 1. The van der Waals surface area contributed by atoms with Crippen LogP contribution in [0.2, 0.25) is 0 Å². The summed E-state index contributed by atoms with van der Waals surface area (Å²) in [5.41, 5.74) is 1.88. The Balaban J connectivity index is 3.05. The van der Waals surface area contributed by atoms with E-state index < -0.39 is 11.9 Å². The van der Waals surface area contributed by atoms with Gasteiger partial charge in [-0.15, -0.1) is 0 Å². The first-order valence-electron chi connectivity index (χ1n) is 4.32. The van der Waals surface area contributed by atoms with Crippen molar-refractivity contribution in [1.29, 1.82) is 0 Å². The van der Waals surface area contributed by atoms with Gasteiger partial charge in [-0.05, 0) is 30.5 Å². The van der Waals surface area contributed by atoms with Gasteiger partial charge < -0.3 is 5.11 Å². The van der Waals surface area contributed by atoms with Crippen molar-refractivity contribution in [1.82, 2.24) is 4.98 Å². The molecule has 1 atom stereocenters. The molecule has 1 aromatic rings. The highest BCUT2D eigenvalue weighted by Gasteiger charge is 2.16. The summed E-state index contributed by atoms with van der Waals surface area (Å²) in [4.78, 5) is 14.7. The Labute approximate surface area is 77.4 Å². The Morgan fingerprint density at radius 2 is 2.38 bits per heavy atom. The number of hydrogen-bond donors (Lipinski definition) is 1. The maximum absolute atomic E-state index is 10.7. The minimum absolute atomic E-state index is 0.469. The lowest BCUT2D eigenvalue weighted by Crippen LogP contribution is -2.10. The van der Waals surface area contributed by atoms with Crippen LogP contribution in [0.3, 0.4) is 0 Å². The molecule has 0 aliphatic heterocycles. The van der Waals surface area contributed by atoms with E-state index in [-0.39, 0.29) is 0 Å². The van der Waals surface area contributed by atoms with Crippen LogP contribution in [-0.2, 0) is 11.2 Å². The third-order valence-electron chi connectivity index (χ3n) is 2.16. The number of nitrogens with zero attached hydrogens (tertiary/aromatic N) is 1.